The zero-order valence-corrected chi connectivity index (χ0v) is 12.1. The largest absolute Gasteiger partial charge is 0.493 e. The van der Waals surface area contributed by atoms with E-state index in [0.29, 0.717) is 12.4 Å². The lowest BCUT2D eigenvalue weighted by molar-refractivity contribution is 0.295. The first-order chi connectivity index (χ1) is 8.83. The molecule has 0 aromatic heterocycles. The van der Waals surface area contributed by atoms with Gasteiger partial charge < -0.3 is 10.5 Å². The second-order valence-corrected chi connectivity index (χ2v) is 5.59. The van der Waals surface area contributed by atoms with E-state index < -0.39 is 5.82 Å². The predicted molar refractivity (Wildman–Crippen MR) is 76.5 cm³/mol. The molecule has 3 nitrogen and oxygen atoms in total. The lowest BCUT2D eigenvalue weighted by Gasteiger charge is -2.22. The van der Waals surface area contributed by atoms with Crippen molar-refractivity contribution in [3.05, 3.63) is 29.0 Å². The van der Waals surface area contributed by atoms with Gasteiger partial charge in [0.1, 0.15) is 11.6 Å². The fourth-order valence-electron chi connectivity index (χ4n) is 1.56. The molecule has 1 aromatic carbocycles. The third-order valence-electron chi connectivity index (χ3n) is 3.09. The Hall–Kier alpha value is -1.29. The van der Waals surface area contributed by atoms with E-state index in [1.54, 1.807) is 6.07 Å². The fourth-order valence-corrected chi connectivity index (χ4v) is 1.68. The van der Waals surface area contributed by atoms with Crippen molar-refractivity contribution < 1.29 is 9.13 Å². The van der Waals surface area contributed by atoms with Crippen LogP contribution in [0.5, 0.6) is 5.75 Å². The Morgan fingerprint density at radius 2 is 2.11 bits per heavy atom. The minimum absolute atomic E-state index is 0.0931. The topological polar surface area (TPSA) is 59.1 Å². The molecular weight excluding hydrogens is 267 g/mol. The third kappa shape index (κ3) is 5.07. The Balaban J connectivity index is 2.28. The van der Waals surface area contributed by atoms with Crippen molar-refractivity contribution in [3.8, 4) is 5.75 Å². The van der Waals surface area contributed by atoms with Gasteiger partial charge in [0.25, 0.3) is 0 Å². The molecule has 0 unspecified atom stereocenters. The van der Waals surface area contributed by atoms with Gasteiger partial charge in [-0.2, -0.15) is 0 Å². The van der Waals surface area contributed by atoms with Crippen LogP contribution in [0, 0.1) is 16.6 Å². The molecule has 5 heteroatoms. The van der Waals surface area contributed by atoms with Gasteiger partial charge in [0.2, 0.25) is 0 Å². The molecule has 19 heavy (non-hydrogen) atoms. The fraction of sp³-hybridized carbons (Fsp3) is 0.500. The predicted octanol–water partition coefficient (Wildman–Crippen LogP) is 3.99. The highest BCUT2D eigenvalue weighted by Gasteiger charge is 2.20. The average Bonchev–Trinajstić information content (AvgIpc) is 2.33. The number of amidine groups is 1. The van der Waals surface area contributed by atoms with Crippen molar-refractivity contribution in [2.45, 2.75) is 33.1 Å². The summed E-state index contributed by atoms with van der Waals surface area (Å²) in [4.78, 5) is 0. The number of ether oxygens (including phenoxy) is 1. The minimum atomic E-state index is -0.475. The van der Waals surface area contributed by atoms with E-state index in [9.17, 15) is 4.39 Å². The van der Waals surface area contributed by atoms with Gasteiger partial charge in [-0.15, -0.1) is 0 Å². The van der Waals surface area contributed by atoms with Crippen LogP contribution in [0.2, 0.25) is 5.02 Å². The maximum atomic E-state index is 13.2. The molecule has 0 fully saturated rings. The summed E-state index contributed by atoms with van der Waals surface area (Å²) in [6, 6.07) is 4.40. The first-order valence-electron chi connectivity index (χ1n) is 6.25. The highest BCUT2D eigenvalue weighted by atomic mass is 35.5. The van der Waals surface area contributed by atoms with Gasteiger partial charge in [0, 0.05) is 11.5 Å². The molecule has 0 radical (unpaired) electrons. The molecule has 0 aliphatic rings. The Bertz CT molecular complexity index is 449. The van der Waals surface area contributed by atoms with Crippen LogP contribution in [-0.2, 0) is 0 Å². The molecule has 0 bridgehead atoms. The summed E-state index contributed by atoms with van der Waals surface area (Å²) in [5, 5.41) is 7.54. The monoisotopic (exact) mass is 286 g/mol. The maximum Gasteiger partial charge on any atom is 0.145 e. The zero-order chi connectivity index (χ0) is 14.5. The number of hydrogen-bond acceptors (Lipinski definition) is 2. The summed E-state index contributed by atoms with van der Waals surface area (Å²) < 4.78 is 18.6. The molecule has 0 spiro atoms. The van der Waals surface area contributed by atoms with Gasteiger partial charge in [-0.3, -0.25) is 5.41 Å². The maximum absolute atomic E-state index is 13.2. The van der Waals surface area contributed by atoms with Crippen molar-refractivity contribution in [1.29, 1.82) is 5.41 Å². The summed E-state index contributed by atoms with van der Waals surface area (Å²) in [5.41, 5.74) is 5.23. The van der Waals surface area contributed by atoms with Crippen LogP contribution in [0.3, 0.4) is 0 Å². The summed E-state index contributed by atoms with van der Waals surface area (Å²) >= 11 is 5.58. The Morgan fingerprint density at radius 3 is 2.68 bits per heavy atom. The SMILES string of the molecule is CC(C)(CCCCOc1ccc(Cl)c(F)c1)C(=N)N. The van der Waals surface area contributed by atoms with E-state index in [1.165, 1.54) is 12.1 Å². The van der Waals surface area contributed by atoms with Gasteiger partial charge in [-0.05, 0) is 31.4 Å². The van der Waals surface area contributed by atoms with E-state index in [-0.39, 0.29) is 16.3 Å². The lowest BCUT2D eigenvalue weighted by atomic mass is 9.86. The molecule has 1 rings (SSSR count). The summed E-state index contributed by atoms with van der Waals surface area (Å²) in [6.07, 6.45) is 2.57. The molecule has 1 aromatic rings. The van der Waals surface area contributed by atoms with E-state index >= 15 is 0 Å². The molecule has 3 N–H and O–H groups in total. The average molecular weight is 287 g/mol. The number of halogens is 2. The van der Waals surface area contributed by atoms with E-state index in [0.717, 1.165) is 19.3 Å². The summed E-state index contributed by atoms with van der Waals surface area (Å²) in [7, 11) is 0. The number of unbranched alkanes of at least 4 members (excludes halogenated alkanes) is 1. The molecule has 0 saturated carbocycles. The van der Waals surface area contributed by atoms with Crippen molar-refractivity contribution in [2.24, 2.45) is 11.1 Å². The summed E-state index contributed by atoms with van der Waals surface area (Å²) in [5.74, 6) is 0.206. The van der Waals surface area contributed by atoms with Gasteiger partial charge in [0.05, 0.1) is 17.5 Å². The molecule has 106 valence electrons. The van der Waals surface area contributed by atoms with Crippen molar-refractivity contribution in [3.63, 3.8) is 0 Å². The molecule has 0 saturated heterocycles. The second-order valence-electron chi connectivity index (χ2n) is 5.18. The zero-order valence-electron chi connectivity index (χ0n) is 11.3. The Kier molecular flexibility index (Phi) is 5.60. The van der Waals surface area contributed by atoms with Crippen molar-refractivity contribution in [2.75, 3.05) is 6.61 Å². The number of nitrogens with one attached hydrogen (secondary N) is 1. The highest BCUT2D eigenvalue weighted by Crippen LogP contribution is 2.23. The molecular formula is C14H20ClFN2O. The summed E-state index contributed by atoms with van der Waals surface area (Å²) in [6.45, 7) is 4.41. The minimum Gasteiger partial charge on any atom is -0.493 e. The Morgan fingerprint density at radius 1 is 1.42 bits per heavy atom. The van der Waals surface area contributed by atoms with Gasteiger partial charge >= 0.3 is 0 Å². The van der Waals surface area contributed by atoms with Gasteiger partial charge in [-0.1, -0.05) is 25.4 Å². The van der Waals surface area contributed by atoms with E-state index in [1.807, 2.05) is 13.8 Å². The van der Waals surface area contributed by atoms with E-state index in [4.69, 9.17) is 27.5 Å². The van der Waals surface area contributed by atoms with Crippen LogP contribution in [0.4, 0.5) is 4.39 Å². The molecule has 0 heterocycles. The standard InChI is InChI=1S/C14H20ClFN2O/c1-14(2,13(17)18)7-3-4-8-19-10-5-6-11(15)12(16)9-10/h5-6,9H,3-4,7-8H2,1-2H3,(H3,17,18). The van der Waals surface area contributed by atoms with Crippen LogP contribution in [0.1, 0.15) is 33.1 Å². The normalized spacial score (nSPS) is 11.4. The van der Waals surface area contributed by atoms with Crippen LogP contribution in [0.15, 0.2) is 18.2 Å². The third-order valence-corrected chi connectivity index (χ3v) is 3.39. The van der Waals surface area contributed by atoms with Crippen molar-refractivity contribution in [1.82, 2.24) is 0 Å². The Labute approximate surface area is 118 Å². The molecule has 0 atom stereocenters. The van der Waals surface area contributed by atoms with Crippen LogP contribution >= 0.6 is 11.6 Å². The first-order valence-corrected chi connectivity index (χ1v) is 6.63. The van der Waals surface area contributed by atoms with Gasteiger partial charge in [0.15, 0.2) is 0 Å². The quantitative estimate of drug-likeness (QED) is 0.452. The molecule has 0 aliphatic heterocycles. The van der Waals surface area contributed by atoms with Gasteiger partial charge in [-0.25, -0.2) is 4.39 Å². The number of hydrogen-bond donors (Lipinski definition) is 2. The van der Waals surface area contributed by atoms with Crippen LogP contribution < -0.4 is 10.5 Å². The number of rotatable bonds is 7. The molecule has 0 amide bonds. The smallest absolute Gasteiger partial charge is 0.145 e. The van der Waals surface area contributed by atoms with Crippen molar-refractivity contribution >= 4 is 17.4 Å². The van der Waals surface area contributed by atoms with Crippen LogP contribution in [-0.4, -0.2) is 12.4 Å². The van der Waals surface area contributed by atoms with Crippen LogP contribution in [0.25, 0.3) is 0 Å². The lowest BCUT2D eigenvalue weighted by Crippen LogP contribution is -2.30. The number of nitrogens with two attached hydrogens (primary N) is 1. The van der Waals surface area contributed by atoms with E-state index in [2.05, 4.69) is 0 Å². The number of benzene rings is 1. The first kappa shape index (κ1) is 15.8. The second kappa shape index (κ2) is 6.75. The molecule has 0 aliphatic carbocycles. The highest BCUT2D eigenvalue weighted by molar-refractivity contribution is 6.30.